The Bertz CT molecular complexity index is 880. The van der Waals surface area contributed by atoms with E-state index in [9.17, 15) is 4.79 Å². The van der Waals surface area contributed by atoms with Crippen LogP contribution >= 0.6 is 0 Å². The number of hydrogen-bond acceptors (Lipinski definition) is 4. The summed E-state index contributed by atoms with van der Waals surface area (Å²) >= 11 is 0. The van der Waals surface area contributed by atoms with Crippen molar-refractivity contribution in [3.63, 3.8) is 0 Å². The van der Waals surface area contributed by atoms with Gasteiger partial charge in [0.15, 0.2) is 0 Å². The van der Waals surface area contributed by atoms with E-state index in [1.165, 1.54) is 11.3 Å². The van der Waals surface area contributed by atoms with E-state index in [2.05, 4.69) is 51.5 Å². The number of aromatic nitrogens is 3. The Morgan fingerprint density at radius 3 is 2.58 bits per heavy atom. The molecule has 1 aliphatic rings. The van der Waals surface area contributed by atoms with E-state index < -0.39 is 0 Å². The molecule has 0 saturated carbocycles. The van der Waals surface area contributed by atoms with E-state index in [0.717, 1.165) is 37.2 Å². The lowest BCUT2D eigenvalue weighted by molar-refractivity contribution is 0.0747. The van der Waals surface area contributed by atoms with Crippen LogP contribution in [-0.4, -0.2) is 52.4 Å². The van der Waals surface area contributed by atoms with Crippen molar-refractivity contribution in [3.05, 3.63) is 53.6 Å². The number of aryl methyl sites for hydroxylation is 1. The summed E-state index contributed by atoms with van der Waals surface area (Å²) in [6, 6.07) is 13.9. The molecule has 0 atom stereocenters. The summed E-state index contributed by atoms with van der Waals surface area (Å²) in [6.45, 7) is 5.25. The summed E-state index contributed by atoms with van der Waals surface area (Å²) < 4.78 is 0. The van der Waals surface area contributed by atoms with Crippen molar-refractivity contribution in [2.24, 2.45) is 0 Å². The second kappa shape index (κ2) is 5.96. The van der Waals surface area contributed by atoms with Crippen LogP contribution in [0.5, 0.6) is 0 Å². The van der Waals surface area contributed by atoms with Crippen LogP contribution in [-0.2, 0) is 0 Å². The number of nitrogens with zero attached hydrogens (tertiary/aromatic N) is 4. The monoisotopic (exact) mass is 321 g/mol. The summed E-state index contributed by atoms with van der Waals surface area (Å²) in [6.07, 6.45) is 0. The Morgan fingerprint density at radius 2 is 1.79 bits per heavy atom. The van der Waals surface area contributed by atoms with Crippen LogP contribution in [0.25, 0.3) is 11.0 Å². The topological polar surface area (TPSA) is 65.1 Å². The molecule has 4 rings (SSSR count). The Kier molecular flexibility index (Phi) is 3.65. The van der Waals surface area contributed by atoms with Crippen molar-refractivity contribution in [1.82, 2.24) is 20.3 Å². The second-order valence-corrected chi connectivity index (χ2v) is 6.15. The number of hydrogen-bond donors (Lipinski definition) is 1. The fourth-order valence-corrected chi connectivity index (χ4v) is 3.15. The molecule has 3 aromatic rings. The highest BCUT2D eigenvalue weighted by atomic mass is 16.2. The van der Waals surface area contributed by atoms with Gasteiger partial charge in [-0.2, -0.15) is 15.4 Å². The molecule has 0 aliphatic carbocycles. The van der Waals surface area contributed by atoms with Gasteiger partial charge in [-0.05, 0) is 42.8 Å². The molecule has 1 aliphatic heterocycles. The van der Waals surface area contributed by atoms with Crippen LogP contribution in [0.2, 0.25) is 0 Å². The van der Waals surface area contributed by atoms with Gasteiger partial charge >= 0.3 is 0 Å². The third kappa shape index (κ3) is 2.71. The number of rotatable bonds is 2. The van der Waals surface area contributed by atoms with Gasteiger partial charge in [0.2, 0.25) is 0 Å². The van der Waals surface area contributed by atoms with Crippen molar-refractivity contribution in [2.75, 3.05) is 31.1 Å². The number of anilines is 1. The van der Waals surface area contributed by atoms with Crippen LogP contribution in [0.3, 0.4) is 0 Å². The molecular formula is C18H19N5O. The lowest BCUT2D eigenvalue weighted by atomic mass is 10.1. The average Bonchev–Trinajstić information content (AvgIpc) is 3.09. The molecule has 122 valence electrons. The number of carbonyl (C=O) groups excluding carboxylic acids is 1. The summed E-state index contributed by atoms with van der Waals surface area (Å²) in [4.78, 5) is 17.0. The molecule has 1 saturated heterocycles. The SMILES string of the molecule is Cc1cccc(N2CCN(C(=O)c3ccc4n[nH]nc4c3)CC2)c1. The summed E-state index contributed by atoms with van der Waals surface area (Å²) in [5.74, 6) is 0.0591. The van der Waals surface area contributed by atoms with Crippen LogP contribution in [0.1, 0.15) is 15.9 Å². The van der Waals surface area contributed by atoms with Crippen molar-refractivity contribution in [2.45, 2.75) is 6.92 Å². The number of aromatic amines is 1. The van der Waals surface area contributed by atoms with Crippen molar-refractivity contribution >= 4 is 22.6 Å². The molecule has 2 heterocycles. The number of benzene rings is 2. The summed E-state index contributed by atoms with van der Waals surface area (Å²) in [5, 5.41) is 10.6. The molecule has 1 fully saturated rings. The smallest absolute Gasteiger partial charge is 0.254 e. The van der Waals surface area contributed by atoms with Gasteiger partial charge in [0, 0.05) is 37.4 Å². The highest BCUT2D eigenvalue weighted by Crippen LogP contribution is 2.19. The molecule has 0 spiro atoms. The Morgan fingerprint density at radius 1 is 1.00 bits per heavy atom. The van der Waals surface area contributed by atoms with E-state index in [1.807, 2.05) is 17.0 Å². The molecular weight excluding hydrogens is 302 g/mol. The van der Waals surface area contributed by atoms with E-state index >= 15 is 0 Å². The number of fused-ring (bicyclic) bond motifs is 1. The maximum absolute atomic E-state index is 12.7. The van der Waals surface area contributed by atoms with Crippen LogP contribution in [0.4, 0.5) is 5.69 Å². The highest BCUT2D eigenvalue weighted by Gasteiger charge is 2.22. The summed E-state index contributed by atoms with van der Waals surface area (Å²) in [7, 11) is 0. The van der Waals surface area contributed by atoms with Gasteiger partial charge in [-0.25, -0.2) is 0 Å². The maximum Gasteiger partial charge on any atom is 0.254 e. The third-order valence-corrected chi connectivity index (χ3v) is 4.50. The standard InChI is InChI=1S/C18H19N5O/c1-13-3-2-4-15(11-13)22-7-9-23(10-8-22)18(24)14-5-6-16-17(12-14)20-21-19-16/h2-6,11-12H,7-10H2,1H3,(H,19,20,21). The van der Waals surface area contributed by atoms with E-state index in [1.54, 1.807) is 6.07 Å². The predicted octanol–water partition coefficient (Wildman–Crippen LogP) is 2.23. The Labute approximate surface area is 140 Å². The second-order valence-electron chi connectivity index (χ2n) is 6.15. The van der Waals surface area contributed by atoms with Crippen LogP contribution in [0, 0.1) is 6.92 Å². The zero-order valence-electron chi connectivity index (χ0n) is 13.6. The molecule has 2 aromatic carbocycles. The lowest BCUT2D eigenvalue weighted by Gasteiger charge is -2.36. The van der Waals surface area contributed by atoms with Crippen molar-refractivity contribution < 1.29 is 4.79 Å². The van der Waals surface area contributed by atoms with Gasteiger partial charge in [-0.3, -0.25) is 4.79 Å². The number of nitrogens with one attached hydrogen (secondary N) is 1. The first-order valence-electron chi connectivity index (χ1n) is 8.12. The van der Waals surface area contributed by atoms with Gasteiger partial charge in [-0.1, -0.05) is 12.1 Å². The number of carbonyl (C=O) groups is 1. The first-order valence-corrected chi connectivity index (χ1v) is 8.12. The number of piperazine rings is 1. The number of amides is 1. The predicted molar refractivity (Wildman–Crippen MR) is 93.2 cm³/mol. The Hall–Kier alpha value is -2.89. The zero-order chi connectivity index (χ0) is 16.5. The van der Waals surface area contributed by atoms with Gasteiger partial charge in [0.1, 0.15) is 11.0 Å². The maximum atomic E-state index is 12.7. The number of H-pyrrole nitrogens is 1. The normalized spacial score (nSPS) is 15.0. The molecule has 1 N–H and O–H groups in total. The minimum absolute atomic E-state index is 0.0591. The Balaban J connectivity index is 1.46. The molecule has 0 radical (unpaired) electrons. The molecule has 24 heavy (non-hydrogen) atoms. The molecule has 0 bridgehead atoms. The van der Waals surface area contributed by atoms with Gasteiger partial charge in [-0.15, -0.1) is 0 Å². The molecule has 6 nitrogen and oxygen atoms in total. The van der Waals surface area contributed by atoms with E-state index in [0.29, 0.717) is 5.56 Å². The van der Waals surface area contributed by atoms with Gasteiger partial charge in [0.25, 0.3) is 5.91 Å². The van der Waals surface area contributed by atoms with Crippen LogP contribution < -0.4 is 4.90 Å². The first-order chi connectivity index (χ1) is 11.7. The fourth-order valence-electron chi connectivity index (χ4n) is 3.15. The fraction of sp³-hybridized carbons (Fsp3) is 0.278. The van der Waals surface area contributed by atoms with E-state index in [4.69, 9.17) is 0 Å². The first kappa shape index (κ1) is 14.7. The molecule has 1 aromatic heterocycles. The molecule has 0 unspecified atom stereocenters. The largest absolute Gasteiger partial charge is 0.368 e. The third-order valence-electron chi connectivity index (χ3n) is 4.50. The molecule has 1 amide bonds. The van der Waals surface area contributed by atoms with Crippen LogP contribution in [0.15, 0.2) is 42.5 Å². The lowest BCUT2D eigenvalue weighted by Crippen LogP contribution is -2.48. The zero-order valence-corrected chi connectivity index (χ0v) is 13.6. The quantitative estimate of drug-likeness (QED) is 0.786. The van der Waals surface area contributed by atoms with E-state index in [-0.39, 0.29) is 5.91 Å². The van der Waals surface area contributed by atoms with Crippen molar-refractivity contribution in [3.8, 4) is 0 Å². The molecule has 6 heteroatoms. The van der Waals surface area contributed by atoms with Gasteiger partial charge < -0.3 is 9.80 Å². The van der Waals surface area contributed by atoms with Gasteiger partial charge in [0.05, 0.1) is 0 Å². The summed E-state index contributed by atoms with van der Waals surface area (Å²) in [5.41, 5.74) is 4.65. The highest BCUT2D eigenvalue weighted by molar-refractivity contribution is 5.97. The van der Waals surface area contributed by atoms with Crippen molar-refractivity contribution in [1.29, 1.82) is 0 Å². The minimum atomic E-state index is 0.0591. The average molecular weight is 321 g/mol. The minimum Gasteiger partial charge on any atom is -0.368 e.